The molecule has 3 aliphatic rings. The Balaban J connectivity index is 1.38. The van der Waals surface area contributed by atoms with E-state index in [0.29, 0.717) is 37.4 Å². The molecule has 0 bridgehead atoms. The molecular formula is C23H38N4O2. The van der Waals surface area contributed by atoms with Gasteiger partial charge in [0.05, 0.1) is 6.54 Å². The van der Waals surface area contributed by atoms with E-state index >= 15 is 0 Å². The van der Waals surface area contributed by atoms with Crippen LogP contribution in [0.15, 0.2) is 12.4 Å². The predicted molar refractivity (Wildman–Crippen MR) is 113 cm³/mol. The summed E-state index contributed by atoms with van der Waals surface area (Å²) in [5, 5.41) is 11.1. The summed E-state index contributed by atoms with van der Waals surface area (Å²) in [6.07, 6.45) is 17.3. The van der Waals surface area contributed by atoms with Crippen LogP contribution in [-0.2, 0) is 17.4 Å². The second kappa shape index (κ2) is 9.17. The van der Waals surface area contributed by atoms with Crippen LogP contribution in [0.3, 0.4) is 0 Å². The minimum atomic E-state index is -0.871. The third-order valence-electron chi connectivity index (χ3n) is 7.50. The number of carbonyl (C=O) groups excluding carboxylic acids is 1. The Hall–Kier alpha value is -1.40. The number of hydrogen-bond acceptors (Lipinski definition) is 4. The van der Waals surface area contributed by atoms with Crippen LogP contribution in [0.5, 0.6) is 0 Å². The Bertz CT molecular complexity index is 650. The molecule has 6 heteroatoms. The van der Waals surface area contributed by atoms with Gasteiger partial charge in [0.1, 0.15) is 11.4 Å². The first kappa shape index (κ1) is 20.9. The van der Waals surface area contributed by atoms with E-state index in [1.165, 1.54) is 64.2 Å². The molecule has 1 saturated heterocycles. The maximum atomic E-state index is 13.5. The van der Waals surface area contributed by atoms with E-state index in [1.807, 2.05) is 17.8 Å². The minimum Gasteiger partial charge on any atom is -0.382 e. The fourth-order valence-corrected chi connectivity index (χ4v) is 5.82. The van der Waals surface area contributed by atoms with Crippen molar-refractivity contribution >= 4 is 5.91 Å². The molecule has 29 heavy (non-hydrogen) atoms. The van der Waals surface area contributed by atoms with Crippen molar-refractivity contribution in [2.75, 3.05) is 19.6 Å². The molecule has 4 rings (SSSR count). The maximum Gasteiger partial charge on any atom is 0.237 e. The van der Waals surface area contributed by atoms with Crippen molar-refractivity contribution < 1.29 is 9.90 Å². The molecule has 2 saturated carbocycles. The minimum absolute atomic E-state index is 0.325. The summed E-state index contributed by atoms with van der Waals surface area (Å²) >= 11 is 0. The Kier molecular flexibility index (Phi) is 6.60. The van der Waals surface area contributed by atoms with E-state index in [1.54, 1.807) is 6.20 Å². The number of likely N-dealkylation sites (tertiary alicyclic amines) is 1. The zero-order chi connectivity index (χ0) is 20.3. The van der Waals surface area contributed by atoms with Crippen molar-refractivity contribution in [1.29, 1.82) is 0 Å². The lowest BCUT2D eigenvalue weighted by Gasteiger charge is -2.43. The van der Waals surface area contributed by atoms with Crippen molar-refractivity contribution in [3.8, 4) is 0 Å². The lowest BCUT2D eigenvalue weighted by molar-refractivity contribution is -0.140. The predicted octanol–water partition coefficient (Wildman–Crippen LogP) is 3.20. The molecule has 1 N–H and O–H groups in total. The summed E-state index contributed by atoms with van der Waals surface area (Å²) in [4.78, 5) is 22.4. The average Bonchev–Trinajstić information content (AvgIpc) is 3.19. The quantitative estimate of drug-likeness (QED) is 0.822. The van der Waals surface area contributed by atoms with Gasteiger partial charge in [0.15, 0.2) is 0 Å². The van der Waals surface area contributed by atoms with E-state index in [-0.39, 0.29) is 0 Å². The van der Waals surface area contributed by atoms with Gasteiger partial charge in [0.25, 0.3) is 0 Å². The van der Waals surface area contributed by atoms with Gasteiger partial charge in [-0.15, -0.1) is 0 Å². The number of imidazole rings is 1. The van der Waals surface area contributed by atoms with Crippen LogP contribution in [0.2, 0.25) is 0 Å². The van der Waals surface area contributed by atoms with Gasteiger partial charge in [-0.25, -0.2) is 4.98 Å². The van der Waals surface area contributed by atoms with E-state index in [9.17, 15) is 9.90 Å². The molecule has 0 spiro atoms. The summed E-state index contributed by atoms with van der Waals surface area (Å²) in [6.45, 7) is 2.00. The highest BCUT2D eigenvalue weighted by Gasteiger charge is 2.39. The van der Waals surface area contributed by atoms with Crippen LogP contribution >= 0.6 is 0 Å². The van der Waals surface area contributed by atoms with Gasteiger partial charge < -0.3 is 14.6 Å². The van der Waals surface area contributed by atoms with Gasteiger partial charge in [-0.05, 0) is 38.5 Å². The van der Waals surface area contributed by atoms with Gasteiger partial charge >= 0.3 is 0 Å². The molecule has 6 nitrogen and oxygen atoms in total. The van der Waals surface area contributed by atoms with Crippen molar-refractivity contribution in [3.63, 3.8) is 0 Å². The maximum absolute atomic E-state index is 13.5. The lowest BCUT2D eigenvalue weighted by Crippen LogP contribution is -2.53. The number of aliphatic hydroxyl groups is 1. The molecule has 2 heterocycles. The van der Waals surface area contributed by atoms with Crippen LogP contribution in [0.25, 0.3) is 0 Å². The Morgan fingerprint density at radius 3 is 2.10 bits per heavy atom. The molecule has 1 aromatic heterocycles. The number of aromatic nitrogens is 2. The molecule has 0 radical (unpaired) electrons. The topological polar surface area (TPSA) is 61.6 Å². The van der Waals surface area contributed by atoms with Crippen LogP contribution in [0.1, 0.15) is 82.9 Å². The zero-order valence-electron chi connectivity index (χ0n) is 18.1. The molecule has 162 valence electrons. The van der Waals surface area contributed by atoms with Gasteiger partial charge in [-0.3, -0.25) is 9.69 Å². The number of aryl methyl sites for hydroxylation is 1. The van der Waals surface area contributed by atoms with E-state index in [4.69, 9.17) is 0 Å². The molecule has 1 amide bonds. The summed E-state index contributed by atoms with van der Waals surface area (Å²) in [7, 11) is 1.93. The largest absolute Gasteiger partial charge is 0.382 e. The summed E-state index contributed by atoms with van der Waals surface area (Å²) < 4.78 is 1.91. The van der Waals surface area contributed by atoms with Crippen LogP contribution < -0.4 is 0 Å². The smallest absolute Gasteiger partial charge is 0.237 e. The fraction of sp³-hybridized carbons (Fsp3) is 0.826. The fourth-order valence-electron chi connectivity index (χ4n) is 5.82. The molecule has 0 atom stereocenters. The number of hydrogen-bond donors (Lipinski definition) is 1. The molecule has 0 aromatic carbocycles. The Morgan fingerprint density at radius 2 is 1.62 bits per heavy atom. The standard InChI is InChI=1S/C23H38N4O2/c1-25-17-14-24-22(25)23(29)12-15-26(16-13-23)18-21(28)27(19-8-4-2-5-9-19)20-10-6-3-7-11-20/h14,17,19-20,29H,2-13,15-16,18H2,1H3. The van der Waals surface area contributed by atoms with E-state index in [0.717, 1.165) is 18.9 Å². The first-order valence-electron chi connectivity index (χ1n) is 11.8. The highest BCUT2D eigenvalue weighted by atomic mass is 16.3. The summed E-state index contributed by atoms with van der Waals surface area (Å²) in [5.41, 5.74) is -0.871. The van der Waals surface area contributed by atoms with E-state index < -0.39 is 5.60 Å². The monoisotopic (exact) mass is 402 g/mol. The third-order valence-corrected chi connectivity index (χ3v) is 7.50. The first-order valence-corrected chi connectivity index (χ1v) is 11.8. The highest BCUT2D eigenvalue weighted by Crippen LogP contribution is 2.33. The number of carbonyl (C=O) groups is 1. The van der Waals surface area contributed by atoms with Crippen LogP contribution in [0, 0.1) is 0 Å². The van der Waals surface area contributed by atoms with Crippen molar-refractivity contribution in [3.05, 3.63) is 18.2 Å². The number of amides is 1. The lowest BCUT2D eigenvalue weighted by atomic mass is 9.88. The van der Waals surface area contributed by atoms with E-state index in [2.05, 4.69) is 14.8 Å². The SMILES string of the molecule is Cn1ccnc1C1(O)CCN(CC(=O)N(C2CCCCC2)C2CCCCC2)CC1. The summed E-state index contributed by atoms with van der Waals surface area (Å²) in [6, 6.07) is 0.905. The van der Waals surface area contributed by atoms with Gasteiger partial charge in [0, 0.05) is 44.6 Å². The molecule has 1 aromatic rings. The molecule has 3 fully saturated rings. The van der Waals surface area contributed by atoms with Crippen molar-refractivity contribution in [2.24, 2.45) is 7.05 Å². The highest BCUT2D eigenvalue weighted by molar-refractivity contribution is 5.79. The third kappa shape index (κ3) is 4.69. The van der Waals surface area contributed by atoms with Gasteiger partial charge in [-0.2, -0.15) is 0 Å². The number of nitrogens with zero attached hydrogens (tertiary/aromatic N) is 4. The molecule has 2 aliphatic carbocycles. The normalized spacial score (nSPS) is 24.5. The average molecular weight is 403 g/mol. The van der Waals surface area contributed by atoms with Gasteiger partial charge in [0.2, 0.25) is 5.91 Å². The van der Waals surface area contributed by atoms with Crippen molar-refractivity contribution in [1.82, 2.24) is 19.4 Å². The number of piperidine rings is 1. The first-order chi connectivity index (χ1) is 14.1. The summed E-state index contributed by atoms with van der Waals surface area (Å²) in [5.74, 6) is 1.07. The van der Waals surface area contributed by atoms with Gasteiger partial charge in [-0.1, -0.05) is 38.5 Å². The zero-order valence-corrected chi connectivity index (χ0v) is 18.1. The molecule has 0 unspecified atom stereocenters. The second-order valence-corrected chi connectivity index (χ2v) is 9.55. The molecule has 1 aliphatic heterocycles. The van der Waals surface area contributed by atoms with Crippen molar-refractivity contribution in [2.45, 2.75) is 94.7 Å². The van der Waals surface area contributed by atoms with Crippen LogP contribution in [-0.4, -0.2) is 62.1 Å². The second-order valence-electron chi connectivity index (χ2n) is 9.55. The van der Waals surface area contributed by atoms with Crippen LogP contribution in [0.4, 0.5) is 0 Å². The Labute approximate surface area is 175 Å². The molecular weight excluding hydrogens is 364 g/mol. The Morgan fingerprint density at radius 1 is 1.07 bits per heavy atom. The number of rotatable bonds is 5.